The van der Waals surface area contributed by atoms with Gasteiger partial charge in [0, 0.05) is 29.6 Å². The standard InChI is InChI=1S/C19H21N3OS/c1-2-3-11-20-19(23)16-8-4-5-9-17(16)24-14-15-13-22-12-7-6-10-18(22)21-15/h4-10,12-13H,2-3,11,14H2,1H3,(H,20,23). The van der Waals surface area contributed by atoms with Crippen molar-refractivity contribution in [3.63, 3.8) is 0 Å². The number of nitrogens with one attached hydrogen (secondary N) is 1. The Hall–Kier alpha value is -2.27. The SMILES string of the molecule is CCCCNC(=O)c1ccccc1SCc1cn2ccccc2n1. The molecule has 0 unspecified atom stereocenters. The summed E-state index contributed by atoms with van der Waals surface area (Å²) in [6.07, 6.45) is 6.10. The quantitative estimate of drug-likeness (QED) is 0.519. The molecule has 0 atom stereocenters. The Labute approximate surface area is 146 Å². The second-order valence-corrected chi connectivity index (χ2v) is 6.61. The average molecular weight is 339 g/mol. The summed E-state index contributed by atoms with van der Waals surface area (Å²) in [7, 11) is 0. The summed E-state index contributed by atoms with van der Waals surface area (Å²) in [5.41, 5.74) is 2.69. The summed E-state index contributed by atoms with van der Waals surface area (Å²) < 4.78 is 2.01. The minimum absolute atomic E-state index is 0.00144. The highest BCUT2D eigenvalue weighted by Crippen LogP contribution is 2.26. The van der Waals surface area contributed by atoms with Crippen molar-refractivity contribution < 1.29 is 4.79 Å². The molecule has 0 radical (unpaired) electrons. The number of carbonyl (C=O) groups excluding carboxylic acids is 1. The summed E-state index contributed by atoms with van der Waals surface area (Å²) in [4.78, 5) is 17.9. The van der Waals surface area contributed by atoms with Crippen molar-refractivity contribution in [2.45, 2.75) is 30.4 Å². The van der Waals surface area contributed by atoms with E-state index in [1.165, 1.54) is 0 Å². The minimum atomic E-state index is 0.00144. The number of thioether (sulfide) groups is 1. The van der Waals surface area contributed by atoms with Crippen molar-refractivity contribution in [3.05, 3.63) is 66.1 Å². The number of carbonyl (C=O) groups is 1. The van der Waals surface area contributed by atoms with Gasteiger partial charge >= 0.3 is 0 Å². The number of fused-ring (bicyclic) bond motifs is 1. The Morgan fingerprint density at radius 3 is 2.88 bits per heavy atom. The number of hydrogen-bond donors (Lipinski definition) is 1. The summed E-state index contributed by atoms with van der Waals surface area (Å²) in [6, 6.07) is 13.7. The monoisotopic (exact) mass is 339 g/mol. The van der Waals surface area contributed by atoms with E-state index in [0.717, 1.165) is 46.9 Å². The molecule has 2 aromatic heterocycles. The van der Waals surface area contributed by atoms with Crippen LogP contribution in [0.3, 0.4) is 0 Å². The first-order valence-electron chi connectivity index (χ1n) is 8.20. The molecule has 0 saturated carbocycles. The first-order chi connectivity index (χ1) is 11.8. The average Bonchev–Trinajstić information content (AvgIpc) is 3.03. The largest absolute Gasteiger partial charge is 0.352 e. The topological polar surface area (TPSA) is 46.4 Å². The van der Waals surface area contributed by atoms with Crippen molar-refractivity contribution >= 4 is 23.3 Å². The molecule has 1 amide bonds. The molecule has 3 aromatic rings. The lowest BCUT2D eigenvalue weighted by Gasteiger charge is -2.09. The lowest BCUT2D eigenvalue weighted by molar-refractivity contribution is 0.0950. The van der Waals surface area contributed by atoms with Crippen LogP contribution in [-0.2, 0) is 5.75 Å². The molecule has 0 aliphatic heterocycles. The van der Waals surface area contributed by atoms with Gasteiger partial charge in [0.1, 0.15) is 5.65 Å². The minimum Gasteiger partial charge on any atom is -0.352 e. The van der Waals surface area contributed by atoms with Crippen LogP contribution in [-0.4, -0.2) is 21.8 Å². The highest BCUT2D eigenvalue weighted by atomic mass is 32.2. The van der Waals surface area contributed by atoms with Gasteiger partial charge in [-0.2, -0.15) is 0 Å². The highest BCUT2D eigenvalue weighted by molar-refractivity contribution is 7.98. The Morgan fingerprint density at radius 2 is 2.04 bits per heavy atom. The van der Waals surface area contributed by atoms with Crippen molar-refractivity contribution in [1.29, 1.82) is 0 Å². The Balaban J connectivity index is 1.69. The Kier molecular flexibility index (Phi) is 5.54. The maximum absolute atomic E-state index is 12.3. The van der Waals surface area contributed by atoms with Crippen LogP contribution in [0.2, 0.25) is 0 Å². The molecule has 0 aliphatic rings. The van der Waals surface area contributed by atoms with Gasteiger partial charge in [0.25, 0.3) is 5.91 Å². The van der Waals surface area contributed by atoms with Gasteiger partial charge in [-0.3, -0.25) is 4.79 Å². The third-order valence-corrected chi connectivity index (χ3v) is 4.84. The molecule has 1 N–H and O–H groups in total. The smallest absolute Gasteiger partial charge is 0.252 e. The van der Waals surface area contributed by atoms with Crippen LogP contribution in [0.1, 0.15) is 35.8 Å². The predicted octanol–water partition coefficient (Wildman–Crippen LogP) is 4.16. The maximum atomic E-state index is 12.3. The van der Waals surface area contributed by atoms with Crippen LogP contribution in [0.15, 0.2) is 59.8 Å². The van der Waals surface area contributed by atoms with Crippen molar-refractivity contribution in [1.82, 2.24) is 14.7 Å². The number of pyridine rings is 1. The fourth-order valence-corrected chi connectivity index (χ4v) is 3.40. The molecule has 0 saturated heterocycles. The number of nitrogens with zero attached hydrogens (tertiary/aromatic N) is 2. The predicted molar refractivity (Wildman–Crippen MR) is 98.4 cm³/mol. The van der Waals surface area contributed by atoms with Gasteiger partial charge in [-0.1, -0.05) is 31.5 Å². The van der Waals surface area contributed by atoms with E-state index in [4.69, 9.17) is 0 Å². The highest BCUT2D eigenvalue weighted by Gasteiger charge is 2.11. The molecule has 1 aromatic carbocycles. The summed E-state index contributed by atoms with van der Waals surface area (Å²) in [6.45, 7) is 2.84. The van der Waals surface area contributed by atoms with Gasteiger partial charge in [-0.25, -0.2) is 4.98 Å². The fraction of sp³-hybridized carbons (Fsp3) is 0.263. The number of aromatic nitrogens is 2. The second-order valence-electron chi connectivity index (χ2n) is 5.59. The molecule has 0 bridgehead atoms. The van der Waals surface area contributed by atoms with Crippen LogP contribution >= 0.6 is 11.8 Å². The van der Waals surface area contributed by atoms with Gasteiger partial charge < -0.3 is 9.72 Å². The Bertz CT molecular complexity index is 795. The van der Waals surface area contributed by atoms with Crippen LogP contribution in [0.25, 0.3) is 5.65 Å². The molecule has 124 valence electrons. The molecule has 2 heterocycles. The van der Waals surface area contributed by atoms with Gasteiger partial charge in [0.15, 0.2) is 0 Å². The number of unbranched alkanes of at least 4 members (excludes halogenated alkanes) is 1. The normalized spacial score (nSPS) is 10.9. The van der Waals surface area contributed by atoms with Crippen LogP contribution in [0.4, 0.5) is 0 Å². The molecular formula is C19H21N3OS. The fourth-order valence-electron chi connectivity index (χ4n) is 2.46. The molecular weight excluding hydrogens is 318 g/mol. The zero-order chi connectivity index (χ0) is 16.8. The third-order valence-electron chi connectivity index (χ3n) is 3.74. The van der Waals surface area contributed by atoms with Gasteiger partial charge in [0.2, 0.25) is 0 Å². The molecule has 0 spiro atoms. The van der Waals surface area contributed by atoms with E-state index in [2.05, 4.69) is 17.2 Å². The van der Waals surface area contributed by atoms with Gasteiger partial charge in [0.05, 0.1) is 11.3 Å². The Morgan fingerprint density at radius 1 is 1.21 bits per heavy atom. The van der Waals surface area contributed by atoms with E-state index < -0.39 is 0 Å². The van der Waals surface area contributed by atoms with Crippen molar-refractivity contribution in [3.8, 4) is 0 Å². The molecule has 0 fully saturated rings. The van der Waals surface area contributed by atoms with Crippen molar-refractivity contribution in [2.24, 2.45) is 0 Å². The number of hydrogen-bond acceptors (Lipinski definition) is 3. The zero-order valence-electron chi connectivity index (χ0n) is 13.7. The van der Waals surface area contributed by atoms with Gasteiger partial charge in [-0.05, 0) is 30.7 Å². The molecule has 5 heteroatoms. The summed E-state index contributed by atoms with van der Waals surface area (Å²) in [5, 5.41) is 2.99. The first kappa shape index (κ1) is 16.6. The lowest BCUT2D eigenvalue weighted by Crippen LogP contribution is -2.24. The first-order valence-corrected chi connectivity index (χ1v) is 9.19. The number of imidazole rings is 1. The maximum Gasteiger partial charge on any atom is 0.252 e. The number of rotatable bonds is 7. The molecule has 3 rings (SSSR count). The lowest BCUT2D eigenvalue weighted by atomic mass is 10.2. The van der Waals surface area contributed by atoms with E-state index in [1.807, 2.05) is 59.3 Å². The van der Waals surface area contributed by atoms with Crippen LogP contribution < -0.4 is 5.32 Å². The molecule has 24 heavy (non-hydrogen) atoms. The zero-order valence-corrected chi connectivity index (χ0v) is 14.6. The van der Waals surface area contributed by atoms with E-state index in [1.54, 1.807) is 11.8 Å². The third kappa shape index (κ3) is 3.97. The van der Waals surface area contributed by atoms with E-state index in [0.29, 0.717) is 0 Å². The van der Waals surface area contributed by atoms with E-state index in [9.17, 15) is 4.79 Å². The molecule has 4 nitrogen and oxygen atoms in total. The summed E-state index contributed by atoms with van der Waals surface area (Å²) in [5.74, 6) is 0.738. The number of amides is 1. The summed E-state index contributed by atoms with van der Waals surface area (Å²) >= 11 is 1.65. The van der Waals surface area contributed by atoms with Gasteiger partial charge in [-0.15, -0.1) is 11.8 Å². The second kappa shape index (κ2) is 8.02. The van der Waals surface area contributed by atoms with Crippen LogP contribution in [0, 0.1) is 0 Å². The molecule has 0 aliphatic carbocycles. The van der Waals surface area contributed by atoms with Crippen molar-refractivity contribution in [2.75, 3.05) is 6.54 Å². The van der Waals surface area contributed by atoms with E-state index >= 15 is 0 Å². The number of benzene rings is 1. The van der Waals surface area contributed by atoms with E-state index in [-0.39, 0.29) is 5.91 Å². The van der Waals surface area contributed by atoms with Crippen LogP contribution in [0.5, 0.6) is 0 Å².